The van der Waals surface area contributed by atoms with Crippen LogP contribution in [0.2, 0.25) is 0 Å². The Hall–Kier alpha value is -1.10. The van der Waals surface area contributed by atoms with Gasteiger partial charge in [-0.2, -0.15) is 0 Å². The normalized spacial score (nSPS) is 21.2. The molecule has 0 radical (unpaired) electrons. The SMILES string of the molecule is CNC(=O)C(=O)NCC1CCCO1. The third-order valence-corrected chi connectivity index (χ3v) is 1.95. The molecule has 0 aromatic carbocycles. The van der Waals surface area contributed by atoms with Crippen molar-refractivity contribution in [1.29, 1.82) is 0 Å². The quantitative estimate of drug-likeness (QED) is 0.545. The number of hydrogen-bond donors (Lipinski definition) is 2. The molecule has 1 fully saturated rings. The maximum absolute atomic E-state index is 11.0. The van der Waals surface area contributed by atoms with Crippen molar-refractivity contribution in [2.24, 2.45) is 0 Å². The van der Waals surface area contributed by atoms with Crippen LogP contribution in [0, 0.1) is 0 Å². The van der Waals surface area contributed by atoms with Crippen molar-refractivity contribution in [2.45, 2.75) is 18.9 Å². The summed E-state index contributed by atoms with van der Waals surface area (Å²) in [6.07, 6.45) is 2.06. The molecular weight excluding hydrogens is 172 g/mol. The Balaban J connectivity index is 2.17. The van der Waals surface area contributed by atoms with Gasteiger partial charge in [0.2, 0.25) is 0 Å². The molecule has 5 nitrogen and oxygen atoms in total. The van der Waals surface area contributed by atoms with E-state index in [-0.39, 0.29) is 6.10 Å². The molecule has 0 saturated carbocycles. The second-order valence-corrected chi connectivity index (χ2v) is 2.92. The van der Waals surface area contributed by atoms with Gasteiger partial charge in [-0.05, 0) is 12.8 Å². The van der Waals surface area contributed by atoms with Gasteiger partial charge in [0.05, 0.1) is 6.10 Å². The fourth-order valence-electron chi connectivity index (χ4n) is 1.21. The number of carbonyl (C=O) groups is 2. The van der Waals surface area contributed by atoms with Gasteiger partial charge in [-0.3, -0.25) is 9.59 Å². The topological polar surface area (TPSA) is 67.4 Å². The first-order chi connectivity index (χ1) is 6.24. The van der Waals surface area contributed by atoms with Crippen LogP contribution in [0.3, 0.4) is 0 Å². The van der Waals surface area contributed by atoms with Crippen molar-refractivity contribution in [1.82, 2.24) is 10.6 Å². The highest BCUT2D eigenvalue weighted by atomic mass is 16.5. The summed E-state index contributed by atoms with van der Waals surface area (Å²) in [7, 11) is 1.42. The zero-order valence-electron chi connectivity index (χ0n) is 7.63. The van der Waals surface area contributed by atoms with Crippen LogP contribution in [0.5, 0.6) is 0 Å². The van der Waals surface area contributed by atoms with E-state index in [2.05, 4.69) is 10.6 Å². The van der Waals surface area contributed by atoms with Crippen LogP contribution in [-0.4, -0.2) is 38.1 Å². The fraction of sp³-hybridized carbons (Fsp3) is 0.750. The van der Waals surface area contributed by atoms with Gasteiger partial charge in [0.15, 0.2) is 0 Å². The van der Waals surface area contributed by atoms with Crippen molar-refractivity contribution in [3.63, 3.8) is 0 Å². The summed E-state index contributed by atoms with van der Waals surface area (Å²) >= 11 is 0. The number of likely N-dealkylation sites (N-methyl/N-ethyl adjacent to an activating group) is 1. The molecule has 0 spiro atoms. The average molecular weight is 186 g/mol. The number of nitrogens with one attached hydrogen (secondary N) is 2. The molecule has 1 atom stereocenters. The lowest BCUT2D eigenvalue weighted by Crippen LogP contribution is -2.41. The van der Waals surface area contributed by atoms with E-state index in [1.54, 1.807) is 0 Å². The largest absolute Gasteiger partial charge is 0.376 e. The van der Waals surface area contributed by atoms with E-state index < -0.39 is 11.8 Å². The summed E-state index contributed by atoms with van der Waals surface area (Å²) in [5.41, 5.74) is 0. The van der Waals surface area contributed by atoms with Gasteiger partial charge < -0.3 is 15.4 Å². The van der Waals surface area contributed by atoms with Gasteiger partial charge in [0.1, 0.15) is 0 Å². The maximum Gasteiger partial charge on any atom is 0.309 e. The van der Waals surface area contributed by atoms with Gasteiger partial charge in [-0.1, -0.05) is 0 Å². The molecule has 0 bridgehead atoms. The second-order valence-electron chi connectivity index (χ2n) is 2.92. The monoisotopic (exact) mass is 186 g/mol. The highest BCUT2D eigenvalue weighted by Crippen LogP contribution is 2.10. The molecule has 0 aromatic heterocycles. The van der Waals surface area contributed by atoms with Crippen LogP contribution in [0.15, 0.2) is 0 Å². The molecule has 5 heteroatoms. The predicted octanol–water partition coefficient (Wildman–Crippen LogP) is -0.972. The zero-order valence-corrected chi connectivity index (χ0v) is 7.63. The Bertz CT molecular complexity index is 200. The Labute approximate surface area is 76.8 Å². The third kappa shape index (κ3) is 3.02. The van der Waals surface area contributed by atoms with E-state index in [0.29, 0.717) is 6.54 Å². The van der Waals surface area contributed by atoms with E-state index >= 15 is 0 Å². The van der Waals surface area contributed by atoms with Crippen LogP contribution in [0.1, 0.15) is 12.8 Å². The van der Waals surface area contributed by atoms with E-state index in [0.717, 1.165) is 19.4 Å². The van der Waals surface area contributed by atoms with Crippen LogP contribution < -0.4 is 10.6 Å². The molecule has 0 aliphatic carbocycles. The van der Waals surface area contributed by atoms with Gasteiger partial charge in [0, 0.05) is 20.2 Å². The van der Waals surface area contributed by atoms with Crippen molar-refractivity contribution in [2.75, 3.05) is 20.2 Å². The maximum atomic E-state index is 11.0. The summed E-state index contributed by atoms with van der Waals surface area (Å²) in [6.45, 7) is 1.17. The second kappa shape index (κ2) is 4.81. The van der Waals surface area contributed by atoms with Gasteiger partial charge in [0.25, 0.3) is 0 Å². The Morgan fingerprint density at radius 2 is 2.23 bits per heavy atom. The highest BCUT2D eigenvalue weighted by molar-refractivity contribution is 6.34. The van der Waals surface area contributed by atoms with E-state index in [1.807, 2.05) is 0 Å². The molecule has 2 amide bonds. The lowest BCUT2D eigenvalue weighted by molar-refractivity contribution is -0.139. The standard InChI is InChI=1S/C8H14N2O3/c1-9-7(11)8(12)10-5-6-3-2-4-13-6/h6H,2-5H2,1H3,(H,9,11)(H,10,12). The van der Waals surface area contributed by atoms with Crippen LogP contribution in [0.25, 0.3) is 0 Å². The molecule has 1 unspecified atom stereocenters. The molecule has 74 valence electrons. The molecular formula is C8H14N2O3. The molecule has 13 heavy (non-hydrogen) atoms. The van der Waals surface area contributed by atoms with Crippen LogP contribution >= 0.6 is 0 Å². The Kier molecular flexibility index (Phi) is 3.70. The summed E-state index contributed by atoms with van der Waals surface area (Å²) < 4.78 is 5.27. The molecule has 1 heterocycles. The van der Waals surface area contributed by atoms with E-state index in [4.69, 9.17) is 4.74 Å². The van der Waals surface area contributed by atoms with E-state index in [1.165, 1.54) is 7.05 Å². The molecule has 1 aliphatic heterocycles. The van der Waals surface area contributed by atoms with Crippen molar-refractivity contribution in [3.8, 4) is 0 Å². The van der Waals surface area contributed by atoms with E-state index in [9.17, 15) is 9.59 Å². The summed E-state index contributed by atoms with van der Waals surface area (Å²) in [4.78, 5) is 21.7. The molecule has 0 aromatic rings. The smallest absolute Gasteiger partial charge is 0.309 e. The minimum Gasteiger partial charge on any atom is -0.376 e. The number of rotatable bonds is 2. The van der Waals surface area contributed by atoms with Crippen LogP contribution in [-0.2, 0) is 14.3 Å². The number of ether oxygens (including phenoxy) is 1. The Morgan fingerprint density at radius 1 is 1.46 bits per heavy atom. The zero-order chi connectivity index (χ0) is 9.68. The summed E-state index contributed by atoms with van der Waals surface area (Å²) in [5.74, 6) is -1.21. The first kappa shape index (κ1) is 9.98. The number of hydrogen-bond acceptors (Lipinski definition) is 3. The molecule has 2 N–H and O–H groups in total. The van der Waals surface area contributed by atoms with Gasteiger partial charge in [-0.15, -0.1) is 0 Å². The number of amides is 2. The van der Waals surface area contributed by atoms with Crippen molar-refractivity contribution < 1.29 is 14.3 Å². The van der Waals surface area contributed by atoms with Crippen molar-refractivity contribution in [3.05, 3.63) is 0 Å². The first-order valence-electron chi connectivity index (χ1n) is 4.35. The predicted molar refractivity (Wildman–Crippen MR) is 46.1 cm³/mol. The summed E-state index contributed by atoms with van der Waals surface area (Å²) in [6, 6.07) is 0. The average Bonchev–Trinajstić information content (AvgIpc) is 2.65. The minimum absolute atomic E-state index is 0.0774. The highest BCUT2D eigenvalue weighted by Gasteiger charge is 2.18. The number of carbonyl (C=O) groups excluding carboxylic acids is 2. The molecule has 1 aliphatic rings. The molecule has 1 rings (SSSR count). The molecule has 1 saturated heterocycles. The van der Waals surface area contributed by atoms with Crippen molar-refractivity contribution >= 4 is 11.8 Å². The summed E-state index contributed by atoms with van der Waals surface area (Å²) in [5, 5.41) is 4.75. The van der Waals surface area contributed by atoms with Gasteiger partial charge in [-0.25, -0.2) is 0 Å². The lowest BCUT2D eigenvalue weighted by atomic mass is 10.2. The Morgan fingerprint density at radius 3 is 2.77 bits per heavy atom. The third-order valence-electron chi connectivity index (χ3n) is 1.95. The lowest BCUT2D eigenvalue weighted by Gasteiger charge is -2.09. The fourth-order valence-corrected chi connectivity index (χ4v) is 1.21. The first-order valence-corrected chi connectivity index (χ1v) is 4.35. The van der Waals surface area contributed by atoms with Gasteiger partial charge >= 0.3 is 11.8 Å². The minimum atomic E-state index is -0.613. The van der Waals surface area contributed by atoms with Crippen LogP contribution in [0.4, 0.5) is 0 Å².